The molecule has 4 nitrogen and oxygen atoms in total. The van der Waals surface area contributed by atoms with Gasteiger partial charge in [0, 0.05) is 36.8 Å². The van der Waals surface area contributed by atoms with E-state index in [2.05, 4.69) is 15.0 Å². The first kappa shape index (κ1) is 16.4. The number of ether oxygens (including phenoxy) is 2. The minimum Gasteiger partial charge on any atom is -0.434 e. The van der Waals surface area contributed by atoms with Gasteiger partial charge in [-0.3, -0.25) is 4.90 Å². The van der Waals surface area contributed by atoms with E-state index in [1.807, 2.05) is 7.05 Å². The Morgan fingerprint density at radius 3 is 3.05 bits per heavy atom. The molecule has 1 aliphatic rings. The number of nitrogens with zero attached hydrogens (tertiary/aromatic N) is 1. The van der Waals surface area contributed by atoms with Crippen molar-refractivity contribution >= 4 is 11.6 Å². The minimum absolute atomic E-state index is 0.0994. The number of hydrogen-bond donors (Lipinski definition) is 1. The Morgan fingerprint density at radius 1 is 1.52 bits per heavy atom. The zero-order valence-electron chi connectivity index (χ0n) is 11.8. The van der Waals surface area contributed by atoms with Crippen LogP contribution in [-0.4, -0.2) is 50.9 Å². The van der Waals surface area contributed by atoms with Gasteiger partial charge in [-0.05, 0) is 25.2 Å². The molecule has 1 aromatic rings. The average molecular weight is 321 g/mol. The van der Waals surface area contributed by atoms with Crippen molar-refractivity contribution in [3.63, 3.8) is 0 Å². The van der Waals surface area contributed by atoms with Gasteiger partial charge in [0.15, 0.2) is 0 Å². The lowest BCUT2D eigenvalue weighted by Crippen LogP contribution is -2.45. The van der Waals surface area contributed by atoms with Gasteiger partial charge in [-0.2, -0.15) is 8.78 Å². The predicted molar refractivity (Wildman–Crippen MR) is 77.0 cm³/mol. The van der Waals surface area contributed by atoms with Crippen molar-refractivity contribution in [3.05, 3.63) is 28.8 Å². The van der Waals surface area contributed by atoms with Crippen LogP contribution >= 0.6 is 11.6 Å². The molecule has 0 spiro atoms. The van der Waals surface area contributed by atoms with Gasteiger partial charge in [-0.1, -0.05) is 11.6 Å². The van der Waals surface area contributed by atoms with Crippen molar-refractivity contribution in [2.75, 3.05) is 33.3 Å². The third kappa shape index (κ3) is 5.07. The van der Waals surface area contributed by atoms with Gasteiger partial charge < -0.3 is 14.8 Å². The lowest BCUT2D eigenvalue weighted by atomic mass is 10.1. The summed E-state index contributed by atoms with van der Waals surface area (Å²) in [5, 5.41) is 3.58. The second kappa shape index (κ2) is 7.89. The molecule has 1 N–H and O–H groups in total. The van der Waals surface area contributed by atoms with Gasteiger partial charge in [0.25, 0.3) is 0 Å². The van der Waals surface area contributed by atoms with Crippen molar-refractivity contribution in [1.29, 1.82) is 0 Å². The summed E-state index contributed by atoms with van der Waals surface area (Å²) in [6, 6.07) is 4.70. The second-order valence-corrected chi connectivity index (χ2v) is 5.35. The number of likely N-dealkylation sites (N-methyl/N-ethyl adjacent to an activating group) is 1. The van der Waals surface area contributed by atoms with E-state index < -0.39 is 6.61 Å². The van der Waals surface area contributed by atoms with Crippen LogP contribution in [0.15, 0.2) is 18.2 Å². The first-order valence-electron chi connectivity index (χ1n) is 6.80. The normalized spacial score (nSPS) is 20.0. The molecule has 1 aromatic carbocycles. The first-order chi connectivity index (χ1) is 10.1. The molecule has 1 heterocycles. The number of alkyl halides is 2. The van der Waals surface area contributed by atoms with Crippen LogP contribution in [0.2, 0.25) is 5.02 Å². The van der Waals surface area contributed by atoms with Crippen molar-refractivity contribution in [2.24, 2.45) is 0 Å². The molecule has 118 valence electrons. The number of rotatable bonds is 6. The molecule has 1 unspecified atom stereocenters. The monoisotopic (exact) mass is 320 g/mol. The lowest BCUT2D eigenvalue weighted by Gasteiger charge is -2.33. The van der Waals surface area contributed by atoms with Gasteiger partial charge in [0.2, 0.25) is 0 Å². The molecule has 1 saturated heterocycles. The van der Waals surface area contributed by atoms with Crippen molar-refractivity contribution in [1.82, 2.24) is 10.2 Å². The number of benzene rings is 1. The van der Waals surface area contributed by atoms with Crippen molar-refractivity contribution in [2.45, 2.75) is 19.3 Å². The molecular weight excluding hydrogens is 302 g/mol. The molecule has 0 aliphatic carbocycles. The highest BCUT2D eigenvalue weighted by Gasteiger charge is 2.21. The molecule has 7 heteroatoms. The van der Waals surface area contributed by atoms with Gasteiger partial charge in [0.1, 0.15) is 5.75 Å². The van der Waals surface area contributed by atoms with Crippen LogP contribution in [0.1, 0.15) is 5.56 Å². The molecule has 2 rings (SSSR count). The van der Waals surface area contributed by atoms with Gasteiger partial charge in [-0.25, -0.2) is 0 Å². The predicted octanol–water partition coefficient (Wildman–Crippen LogP) is 2.36. The maximum absolute atomic E-state index is 12.4. The van der Waals surface area contributed by atoms with Gasteiger partial charge in [-0.15, -0.1) is 0 Å². The van der Waals surface area contributed by atoms with Crippen LogP contribution < -0.4 is 10.1 Å². The Kier molecular flexibility index (Phi) is 6.17. The third-order valence-electron chi connectivity index (χ3n) is 3.29. The van der Waals surface area contributed by atoms with E-state index in [1.54, 1.807) is 12.1 Å². The fourth-order valence-corrected chi connectivity index (χ4v) is 2.59. The molecule has 1 aliphatic heterocycles. The molecule has 0 amide bonds. The highest BCUT2D eigenvalue weighted by molar-refractivity contribution is 6.30. The SMILES string of the molecule is CNCC1CN(Cc2cc(Cl)ccc2OC(F)F)CCO1. The highest BCUT2D eigenvalue weighted by Crippen LogP contribution is 2.26. The summed E-state index contributed by atoms with van der Waals surface area (Å²) >= 11 is 5.95. The van der Waals surface area contributed by atoms with Crippen LogP contribution in [0, 0.1) is 0 Å². The van der Waals surface area contributed by atoms with E-state index in [0.717, 1.165) is 19.6 Å². The molecular formula is C14H19ClF2N2O2. The fraction of sp³-hybridized carbons (Fsp3) is 0.571. The molecule has 1 fully saturated rings. The second-order valence-electron chi connectivity index (χ2n) is 4.92. The van der Waals surface area contributed by atoms with E-state index in [1.165, 1.54) is 6.07 Å². The zero-order valence-corrected chi connectivity index (χ0v) is 12.6. The fourth-order valence-electron chi connectivity index (χ4n) is 2.40. The van der Waals surface area contributed by atoms with Crippen molar-refractivity contribution < 1.29 is 18.3 Å². The highest BCUT2D eigenvalue weighted by atomic mass is 35.5. The Labute approximate surface area is 128 Å². The Bertz CT molecular complexity index is 461. The number of morpholine rings is 1. The first-order valence-corrected chi connectivity index (χ1v) is 7.18. The van der Waals surface area contributed by atoms with Gasteiger partial charge >= 0.3 is 6.61 Å². The zero-order chi connectivity index (χ0) is 15.2. The average Bonchev–Trinajstić information content (AvgIpc) is 2.42. The Hall–Kier alpha value is -0.950. The van der Waals surface area contributed by atoms with Crippen LogP contribution in [0.5, 0.6) is 5.75 Å². The van der Waals surface area contributed by atoms with E-state index >= 15 is 0 Å². The number of hydrogen-bond acceptors (Lipinski definition) is 4. The Balaban J connectivity index is 2.05. The lowest BCUT2D eigenvalue weighted by molar-refractivity contribution is -0.0523. The molecule has 21 heavy (non-hydrogen) atoms. The Morgan fingerprint density at radius 2 is 2.33 bits per heavy atom. The number of nitrogens with one attached hydrogen (secondary N) is 1. The smallest absolute Gasteiger partial charge is 0.387 e. The van der Waals surface area contributed by atoms with E-state index in [9.17, 15) is 8.78 Å². The minimum atomic E-state index is -2.84. The quantitative estimate of drug-likeness (QED) is 0.872. The summed E-state index contributed by atoms with van der Waals surface area (Å²) in [5.41, 5.74) is 0.660. The maximum atomic E-state index is 12.4. The van der Waals surface area contributed by atoms with Crippen molar-refractivity contribution in [3.8, 4) is 5.75 Å². The number of halogens is 3. The summed E-state index contributed by atoms with van der Waals surface area (Å²) in [7, 11) is 1.87. The van der Waals surface area contributed by atoms with E-state index in [0.29, 0.717) is 23.7 Å². The topological polar surface area (TPSA) is 33.7 Å². The molecule has 1 atom stereocenters. The summed E-state index contributed by atoms with van der Waals surface area (Å²) < 4.78 is 35.1. The van der Waals surface area contributed by atoms with Gasteiger partial charge in [0.05, 0.1) is 12.7 Å². The maximum Gasteiger partial charge on any atom is 0.387 e. The van der Waals surface area contributed by atoms with Crippen LogP contribution in [0.25, 0.3) is 0 Å². The molecule has 0 radical (unpaired) electrons. The molecule has 0 bridgehead atoms. The van der Waals surface area contributed by atoms with Crippen LogP contribution in [0.4, 0.5) is 8.78 Å². The van der Waals surface area contributed by atoms with E-state index in [4.69, 9.17) is 16.3 Å². The third-order valence-corrected chi connectivity index (χ3v) is 3.52. The summed E-state index contributed by atoms with van der Waals surface area (Å²) in [6.07, 6.45) is 0.0994. The van der Waals surface area contributed by atoms with Crippen LogP contribution in [-0.2, 0) is 11.3 Å². The molecule has 0 aromatic heterocycles. The molecule has 0 saturated carbocycles. The van der Waals surface area contributed by atoms with Crippen LogP contribution in [0.3, 0.4) is 0 Å². The van der Waals surface area contributed by atoms with E-state index in [-0.39, 0.29) is 11.9 Å². The standard InChI is InChI=1S/C14H19ClF2N2O2/c1-18-7-12-9-19(4-5-20-12)8-10-6-11(15)2-3-13(10)21-14(16)17/h2-3,6,12,14,18H,4-5,7-9H2,1H3. The summed E-state index contributed by atoms with van der Waals surface area (Å²) in [5.74, 6) is 0.172. The largest absolute Gasteiger partial charge is 0.434 e. The summed E-state index contributed by atoms with van der Waals surface area (Å²) in [4.78, 5) is 2.15. The summed E-state index contributed by atoms with van der Waals surface area (Å²) in [6.45, 7) is 0.533.